The van der Waals surface area contributed by atoms with Crippen LogP contribution in [0.4, 0.5) is 0 Å². The van der Waals surface area contributed by atoms with Crippen LogP contribution in [0.2, 0.25) is 0 Å². The maximum atomic E-state index is 3.58. The third-order valence-electron chi connectivity index (χ3n) is 2.76. The van der Waals surface area contributed by atoms with E-state index in [1.165, 1.54) is 16.9 Å². The van der Waals surface area contributed by atoms with Gasteiger partial charge in [-0.2, -0.15) is 11.8 Å². The van der Waals surface area contributed by atoms with Crippen molar-refractivity contribution in [1.29, 1.82) is 0 Å². The molecule has 0 bridgehead atoms. The second kappa shape index (κ2) is 6.97. The Balaban J connectivity index is 2.79. The fourth-order valence-electron chi connectivity index (χ4n) is 1.91. The summed E-state index contributed by atoms with van der Waals surface area (Å²) in [5, 5.41) is 4.20. The fourth-order valence-corrected chi connectivity index (χ4v) is 2.88. The Morgan fingerprint density at radius 3 is 2.31 bits per heavy atom. The van der Waals surface area contributed by atoms with Gasteiger partial charge < -0.3 is 5.32 Å². The van der Waals surface area contributed by atoms with E-state index in [4.69, 9.17) is 0 Å². The Labute approximate surface area is 104 Å². The molecule has 2 heteroatoms. The van der Waals surface area contributed by atoms with Gasteiger partial charge in [-0.05, 0) is 24.8 Å². The molecule has 1 aromatic carbocycles. The van der Waals surface area contributed by atoms with Crippen LogP contribution in [0.15, 0.2) is 24.3 Å². The van der Waals surface area contributed by atoms with E-state index < -0.39 is 0 Å². The quantitative estimate of drug-likeness (QED) is 0.808. The van der Waals surface area contributed by atoms with E-state index in [-0.39, 0.29) is 0 Å². The molecule has 0 saturated heterocycles. The lowest BCUT2D eigenvalue weighted by atomic mass is 10.0. The predicted molar refractivity (Wildman–Crippen MR) is 75.2 cm³/mol. The molecule has 0 amide bonds. The summed E-state index contributed by atoms with van der Waals surface area (Å²) in [5.74, 6) is 1.18. The predicted octanol–water partition coefficient (Wildman–Crippen LogP) is 3.79. The van der Waals surface area contributed by atoms with Gasteiger partial charge in [-0.15, -0.1) is 0 Å². The first-order chi connectivity index (χ1) is 7.69. The minimum absolute atomic E-state index is 0.468. The highest BCUT2D eigenvalue weighted by atomic mass is 32.2. The molecule has 0 heterocycles. The molecular formula is C14H23NS. The number of hydrogen-bond donors (Lipinski definition) is 1. The van der Waals surface area contributed by atoms with Crippen molar-refractivity contribution in [2.75, 3.05) is 12.3 Å². The van der Waals surface area contributed by atoms with Crippen molar-refractivity contribution in [2.24, 2.45) is 0 Å². The van der Waals surface area contributed by atoms with Gasteiger partial charge in [0.15, 0.2) is 0 Å². The Bertz CT molecular complexity index is 294. The molecule has 90 valence electrons. The Kier molecular flexibility index (Phi) is 5.93. The molecule has 0 aromatic heterocycles. The van der Waals surface area contributed by atoms with E-state index in [0.717, 1.165) is 6.54 Å². The van der Waals surface area contributed by atoms with Crippen molar-refractivity contribution >= 4 is 11.8 Å². The number of benzene rings is 1. The number of thioether (sulfide) groups is 1. The first-order valence-electron chi connectivity index (χ1n) is 6.10. The third-order valence-corrected chi connectivity index (χ3v) is 3.89. The van der Waals surface area contributed by atoms with Crippen molar-refractivity contribution in [3.05, 3.63) is 35.4 Å². The van der Waals surface area contributed by atoms with Gasteiger partial charge in [0, 0.05) is 11.3 Å². The zero-order valence-corrected chi connectivity index (χ0v) is 11.6. The summed E-state index contributed by atoms with van der Waals surface area (Å²) in [6.45, 7) is 9.86. The first kappa shape index (κ1) is 13.6. The number of nitrogens with one attached hydrogen (secondary N) is 1. The molecule has 1 nitrogen and oxygen atoms in total. The lowest BCUT2D eigenvalue weighted by Gasteiger charge is -2.24. The number of aryl methyl sites for hydroxylation is 1. The highest BCUT2D eigenvalue weighted by Crippen LogP contribution is 2.26. The van der Waals surface area contributed by atoms with Crippen LogP contribution in [0.5, 0.6) is 0 Å². The summed E-state index contributed by atoms with van der Waals surface area (Å²) in [7, 11) is 0. The highest BCUT2D eigenvalue weighted by Gasteiger charge is 2.17. The van der Waals surface area contributed by atoms with Crippen molar-refractivity contribution in [2.45, 2.75) is 39.0 Å². The molecule has 1 rings (SSSR count). The van der Waals surface area contributed by atoms with Gasteiger partial charge in [-0.3, -0.25) is 0 Å². The van der Waals surface area contributed by atoms with E-state index in [9.17, 15) is 0 Å². The second-order valence-corrected chi connectivity index (χ2v) is 5.76. The average Bonchev–Trinajstić information content (AvgIpc) is 2.28. The Hall–Kier alpha value is -0.470. The van der Waals surface area contributed by atoms with E-state index in [2.05, 4.69) is 57.3 Å². The molecule has 0 radical (unpaired) electrons. The molecule has 2 unspecified atom stereocenters. The summed E-state index contributed by atoms with van der Waals surface area (Å²) >= 11 is 2.02. The second-order valence-electron chi connectivity index (χ2n) is 4.11. The van der Waals surface area contributed by atoms with Crippen LogP contribution in [0.25, 0.3) is 0 Å². The van der Waals surface area contributed by atoms with Gasteiger partial charge in [0.25, 0.3) is 0 Å². The molecule has 1 N–H and O–H groups in total. The van der Waals surface area contributed by atoms with Gasteiger partial charge in [-0.25, -0.2) is 0 Å². The summed E-state index contributed by atoms with van der Waals surface area (Å²) in [4.78, 5) is 0. The smallest absolute Gasteiger partial charge is 0.0437 e. The van der Waals surface area contributed by atoms with Gasteiger partial charge in [0.05, 0.1) is 0 Å². The maximum absolute atomic E-state index is 3.58. The molecule has 0 fully saturated rings. The Morgan fingerprint density at radius 1 is 1.19 bits per heavy atom. The lowest BCUT2D eigenvalue weighted by molar-refractivity contribution is 0.548. The van der Waals surface area contributed by atoms with Crippen LogP contribution in [-0.2, 0) is 0 Å². The number of rotatable bonds is 6. The third kappa shape index (κ3) is 3.84. The summed E-state index contributed by atoms with van der Waals surface area (Å²) in [6, 6.07) is 9.35. The molecule has 1 aromatic rings. The largest absolute Gasteiger partial charge is 0.309 e. The van der Waals surface area contributed by atoms with Crippen LogP contribution in [-0.4, -0.2) is 17.5 Å². The molecule has 0 spiro atoms. The lowest BCUT2D eigenvalue weighted by Crippen LogP contribution is -2.28. The SMILES string of the molecule is CCNC(c1ccc(C)cc1)C(C)SCC. The summed E-state index contributed by atoms with van der Waals surface area (Å²) < 4.78 is 0. The molecule has 2 atom stereocenters. The van der Waals surface area contributed by atoms with E-state index >= 15 is 0 Å². The maximum Gasteiger partial charge on any atom is 0.0437 e. The molecule has 0 aliphatic heterocycles. The zero-order valence-electron chi connectivity index (χ0n) is 10.8. The van der Waals surface area contributed by atoms with Crippen molar-refractivity contribution < 1.29 is 0 Å². The first-order valence-corrected chi connectivity index (χ1v) is 7.15. The van der Waals surface area contributed by atoms with Crippen LogP contribution in [0.1, 0.15) is 37.9 Å². The van der Waals surface area contributed by atoms with Crippen molar-refractivity contribution in [3.63, 3.8) is 0 Å². The molecule has 16 heavy (non-hydrogen) atoms. The van der Waals surface area contributed by atoms with E-state index in [1.54, 1.807) is 0 Å². The van der Waals surface area contributed by atoms with Crippen LogP contribution in [0.3, 0.4) is 0 Å². The standard InChI is InChI=1S/C14H23NS/c1-5-15-14(12(4)16-6-2)13-9-7-11(3)8-10-13/h7-10,12,14-15H,5-6H2,1-4H3. The van der Waals surface area contributed by atoms with Crippen LogP contribution in [0, 0.1) is 6.92 Å². The highest BCUT2D eigenvalue weighted by molar-refractivity contribution is 7.99. The van der Waals surface area contributed by atoms with E-state index in [0.29, 0.717) is 11.3 Å². The number of hydrogen-bond acceptors (Lipinski definition) is 2. The van der Waals surface area contributed by atoms with Crippen LogP contribution < -0.4 is 5.32 Å². The summed E-state index contributed by atoms with van der Waals surface area (Å²) in [5.41, 5.74) is 2.73. The molecule has 0 aliphatic rings. The van der Waals surface area contributed by atoms with Crippen molar-refractivity contribution in [1.82, 2.24) is 5.32 Å². The molecule has 0 saturated carbocycles. The summed E-state index contributed by atoms with van der Waals surface area (Å²) in [6.07, 6.45) is 0. The van der Waals surface area contributed by atoms with Gasteiger partial charge in [-0.1, -0.05) is 50.6 Å². The topological polar surface area (TPSA) is 12.0 Å². The average molecular weight is 237 g/mol. The Morgan fingerprint density at radius 2 is 1.81 bits per heavy atom. The minimum Gasteiger partial charge on any atom is -0.309 e. The minimum atomic E-state index is 0.468. The van der Waals surface area contributed by atoms with Gasteiger partial charge in [0.2, 0.25) is 0 Å². The van der Waals surface area contributed by atoms with Gasteiger partial charge in [0.1, 0.15) is 0 Å². The van der Waals surface area contributed by atoms with Crippen molar-refractivity contribution in [3.8, 4) is 0 Å². The molecular weight excluding hydrogens is 214 g/mol. The van der Waals surface area contributed by atoms with Crippen LogP contribution >= 0.6 is 11.8 Å². The van der Waals surface area contributed by atoms with E-state index in [1.807, 2.05) is 11.8 Å². The normalized spacial score (nSPS) is 14.8. The molecule has 0 aliphatic carbocycles. The fraction of sp³-hybridized carbons (Fsp3) is 0.571. The van der Waals surface area contributed by atoms with Gasteiger partial charge >= 0.3 is 0 Å². The zero-order chi connectivity index (χ0) is 12.0. The monoisotopic (exact) mass is 237 g/mol.